The summed E-state index contributed by atoms with van der Waals surface area (Å²) in [4.78, 5) is 4.68. The first-order chi connectivity index (χ1) is 63.3. The van der Waals surface area contributed by atoms with Crippen LogP contribution in [0, 0.1) is 13.2 Å². The molecule has 3 aromatic heterocycles. The molecule has 13 aromatic carbocycles. The van der Waals surface area contributed by atoms with E-state index in [1.807, 2.05) is 0 Å². The lowest BCUT2D eigenvalue weighted by atomic mass is 10.0. The van der Waals surface area contributed by atoms with Crippen LogP contribution in [0.4, 0.5) is 0 Å². The maximum absolute atomic E-state index is 10.2. The second-order valence-electron chi connectivity index (χ2n) is 20.4. The van der Waals surface area contributed by atoms with Crippen LogP contribution in [0.2, 0.25) is 0 Å². The summed E-state index contributed by atoms with van der Waals surface area (Å²) in [5, 5.41) is -6.60. The van der Waals surface area contributed by atoms with E-state index in [1.165, 1.54) is 42.5 Å². The van der Waals surface area contributed by atoms with Crippen LogP contribution in [0.5, 0.6) is 11.5 Å². The van der Waals surface area contributed by atoms with Gasteiger partial charge in [-0.15, -0.1) is 0 Å². The van der Waals surface area contributed by atoms with E-state index in [2.05, 4.69) is 11.3 Å². The number of para-hydroxylation sites is 2. The molecule has 7 heteroatoms. The van der Waals surface area contributed by atoms with Gasteiger partial charge in [0.2, 0.25) is 0 Å². The largest absolute Gasteiger partial charge is 0.458 e. The van der Waals surface area contributed by atoms with E-state index in [0.717, 1.165) is 51.7 Å². The molecule has 0 atom stereocenters. The van der Waals surface area contributed by atoms with Crippen molar-refractivity contribution in [1.82, 2.24) is 14.1 Å². The number of nitrogens with zero attached hydrogens (tertiary/aromatic N) is 4. The van der Waals surface area contributed by atoms with Crippen molar-refractivity contribution in [3.05, 3.63) is 369 Å². The second-order valence-corrected chi connectivity index (χ2v) is 27.5. The summed E-state index contributed by atoms with van der Waals surface area (Å²) in [7, 11) is -12.9. The molecule has 0 aliphatic carbocycles. The van der Waals surface area contributed by atoms with Crippen LogP contribution in [-0.2, 0) is 0 Å². The molecule has 16 aromatic rings. The van der Waals surface area contributed by atoms with Gasteiger partial charge in [0.15, 0.2) is 16.1 Å². The summed E-state index contributed by atoms with van der Waals surface area (Å²) in [6, 6.07) is -20.3. The average Bonchev–Trinajstić information content (AvgIpc) is 1.05. The minimum absolute atomic E-state index is 0.0210. The summed E-state index contributed by atoms with van der Waals surface area (Å²) in [5.41, 5.74) is -3.92. The van der Waals surface area contributed by atoms with E-state index < -0.39 is 345 Å². The number of aryl methyl sites for hydroxylation is 1. The van der Waals surface area contributed by atoms with Crippen molar-refractivity contribution in [2.75, 3.05) is 0 Å². The molecule has 0 saturated heterocycles. The first kappa shape index (κ1) is 26.5. The Bertz CT molecular complexity index is 7420. The number of hydrogen-bond acceptors (Lipinski definition) is 2. The Labute approximate surface area is 598 Å². The Morgan fingerprint density at radius 1 is 0.413 bits per heavy atom. The third-order valence-corrected chi connectivity index (χ3v) is 24.0. The summed E-state index contributed by atoms with van der Waals surface area (Å²) in [6.45, 7) is -3.04. The fourth-order valence-corrected chi connectivity index (χ4v) is 19.6. The number of aromatic nitrogens is 4. The van der Waals surface area contributed by atoms with Crippen LogP contribution < -0.4 is 50.8 Å². The molecule has 5 nitrogen and oxygen atoms in total. The topological polar surface area (TPSA) is 35.9 Å². The van der Waals surface area contributed by atoms with Crippen LogP contribution in [-0.4, -0.2) is 30.3 Å². The Hall–Kier alpha value is -11.5. The van der Waals surface area contributed by atoms with Crippen molar-refractivity contribution in [1.29, 1.82) is 0 Å². The lowest BCUT2D eigenvalue weighted by molar-refractivity contribution is -0.570. The van der Waals surface area contributed by atoms with E-state index in [-0.39, 0.29) is 34.1 Å². The van der Waals surface area contributed by atoms with Crippen molar-refractivity contribution in [3.63, 3.8) is 0 Å². The zero-order chi connectivity index (χ0) is 98.7. The van der Waals surface area contributed by atoms with Crippen LogP contribution in [0.15, 0.2) is 357 Å². The van der Waals surface area contributed by atoms with Crippen molar-refractivity contribution in [2.24, 2.45) is 0 Å². The fourth-order valence-electron chi connectivity index (χ4n) is 11.8. The Morgan fingerprint density at radius 3 is 1.48 bits per heavy atom. The predicted octanol–water partition coefficient (Wildman–Crippen LogP) is 14.4. The third-order valence-electron chi connectivity index (χ3n) is 15.6. The number of rotatable bonds is 15. The molecule has 0 aliphatic heterocycles. The second kappa shape index (κ2) is 23.8. The number of imidazole rings is 1. The minimum Gasteiger partial charge on any atom is -0.458 e. The quantitative estimate of drug-likeness (QED) is 0.0444. The summed E-state index contributed by atoms with van der Waals surface area (Å²) >= 11 is 0. The van der Waals surface area contributed by atoms with Crippen LogP contribution in [0.3, 0.4) is 0 Å². The highest BCUT2D eigenvalue weighted by atomic mass is 28.3. The van der Waals surface area contributed by atoms with Gasteiger partial charge in [-0.05, 0) is 113 Å². The number of ether oxygens (including phenoxy) is 1. The molecule has 3 heterocycles. The van der Waals surface area contributed by atoms with Gasteiger partial charge in [-0.3, -0.25) is 13.7 Å². The highest BCUT2D eigenvalue weighted by molar-refractivity contribution is 7.20. The van der Waals surface area contributed by atoms with Gasteiger partial charge in [0.25, 0.3) is 6.33 Å². The van der Waals surface area contributed by atoms with Gasteiger partial charge in [0.05, 0.1) is 88.3 Å². The first-order valence-electron chi connectivity index (χ1n) is 49.4. The minimum atomic E-state index is -6.60. The van der Waals surface area contributed by atoms with Gasteiger partial charge >= 0.3 is 0 Å². The van der Waals surface area contributed by atoms with Crippen LogP contribution in [0.25, 0.3) is 72.3 Å². The molecule has 0 radical (unpaired) electrons. The maximum Gasteiger partial charge on any atom is 0.269 e. The van der Waals surface area contributed by atoms with E-state index in [0.29, 0.717) is 16.3 Å². The summed E-state index contributed by atoms with van der Waals surface area (Å²) in [6.07, 6.45) is 4.27. The Morgan fingerprint density at radius 2 is 0.913 bits per heavy atom. The third kappa shape index (κ3) is 9.53. The van der Waals surface area contributed by atoms with Gasteiger partial charge < -0.3 is 4.74 Å². The molecule has 0 bridgehead atoms. The molecule has 92 heavy (non-hydrogen) atoms. The van der Waals surface area contributed by atoms with Crippen LogP contribution >= 0.6 is 0 Å². The standard InChI is InChI=1S/C85H62N4OSi2/c1-62-56-84(86-60-78(62)64-32-12-3-13-33-64)89-79-50-27-26-48-76(79)77-54-52-67(58-81(77)89)90-66-35-28-34-65(57-66)87-61-88(80-55-53-74(59-82(80)87)91(68-36-14-4-15-37-68,69-38-16-5-17-39-69)70-40-18-6-19-41-70)85-75(63-30-10-2-11-31-63)49-29-51-83(85)92(71-42-20-7-21-43-71,72-44-22-8-23-45-72)73-46-24-9-25-47-73/h2-60H,1H3/i1D3,2D,3D,4D,5D,6D,7D,8D,9D,10D,11D,12D,13D,14D,15D,16D,17D,18D,19D,20D,21D,22D,23D,24D,25D,30D,31D,32D,33D,36D,37D,38D,39D,40D,41D,42D,43D,44D,45D,46D,47D. The van der Waals surface area contributed by atoms with Crippen LogP contribution in [0.1, 0.15) is 64.5 Å². The van der Waals surface area contributed by atoms with E-state index in [1.54, 1.807) is 34.9 Å². The van der Waals surface area contributed by atoms with Crippen molar-refractivity contribution in [3.8, 4) is 50.9 Å². The van der Waals surface area contributed by atoms with Crippen molar-refractivity contribution >= 4 is 90.5 Å². The highest BCUT2D eigenvalue weighted by Crippen LogP contribution is 2.37. The number of benzene rings is 13. The lowest BCUT2D eigenvalue weighted by Crippen LogP contribution is -2.76. The zero-order valence-corrected chi connectivity index (χ0v) is 49.2. The monoisotopic (exact) mass is 1250 g/mol. The smallest absolute Gasteiger partial charge is 0.269 e. The number of fused-ring (bicyclic) bond motifs is 4. The van der Waals surface area contributed by atoms with E-state index >= 15 is 0 Å². The Balaban J connectivity index is 1.11. The molecule has 436 valence electrons. The average molecular weight is 1250 g/mol. The van der Waals surface area contributed by atoms with Crippen molar-refractivity contribution < 1.29 is 68.2 Å². The van der Waals surface area contributed by atoms with Gasteiger partial charge in [-0.1, -0.05) is 302 Å². The zero-order valence-electron chi connectivity index (χ0n) is 90.2. The molecule has 0 N–H and O–H groups in total. The maximum atomic E-state index is 10.2. The van der Waals surface area contributed by atoms with E-state index in [9.17, 15) is 38.4 Å². The SMILES string of the molecule is [2H]c1c([2H])c([2H])c(-c2cnc(-n3c4ccccc4c4ccc(Oc5cccc(-n6[c-][n+](-c7c(-c8c([2H])c([2H])c([2H])c([2H])c8[2H])cccc7[Si](c7c([2H])c([2H])c([2H])c([2H])c7[2H])(c7c([2H])c([2H])c([2H])c([2H])c7[2H])c7c([2H])c([2H])c([2H])c([2H])c7[2H])c7ccc([Si](c8c([2H])c([2H])c([2H])c([2H])c8[2H])(c8c([2H])c([2H])c([2H])c([2H])c8[2H])c8c([2H])c([2H])c([2H])c([2H])c8[2H])cc76)c5)cc43)cc2C([2H])([2H])[2H])c([2H])c1[2H]. The molecule has 0 aliphatic rings. The van der Waals surface area contributed by atoms with Gasteiger partial charge in [0.1, 0.15) is 17.3 Å². The Kier molecular flexibility index (Phi) is 6.86. The molecule has 0 saturated carbocycles. The molecule has 0 fully saturated rings. The molecular formula is C85H62N4OSi2. The van der Waals surface area contributed by atoms with Gasteiger partial charge in [-0.25, -0.2) is 4.98 Å². The van der Waals surface area contributed by atoms with E-state index in [4.69, 9.17) is 25.3 Å². The molecular weight excluding hydrogens is 1150 g/mol. The molecule has 0 amide bonds. The predicted molar refractivity (Wildman–Crippen MR) is 385 cm³/mol. The highest BCUT2D eigenvalue weighted by Gasteiger charge is 2.45. The molecule has 0 unspecified atom stereocenters. The van der Waals surface area contributed by atoms with Gasteiger partial charge in [-0.2, -0.15) is 0 Å². The molecule has 16 rings (SSSR count). The van der Waals surface area contributed by atoms with Gasteiger partial charge in [0, 0.05) is 32.7 Å². The first-order valence-corrected chi connectivity index (χ1v) is 31.9. The fraction of sp³-hybridized carbons (Fsp3) is 0.0118. The normalized spacial score (nSPS) is 18.5. The molecule has 0 spiro atoms. The number of pyridine rings is 1. The summed E-state index contributed by atoms with van der Waals surface area (Å²) in [5.74, 6) is -0.241. The number of hydrogen-bond donors (Lipinski definition) is 0. The lowest BCUT2D eigenvalue weighted by Gasteiger charge is -2.37. The summed E-state index contributed by atoms with van der Waals surface area (Å²) < 4.78 is 415. The van der Waals surface area contributed by atoms with Crippen molar-refractivity contribution in [2.45, 2.75) is 6.85 Å².